The second-order valence-corrected chi connectivity index (χ2v) is 6.65. The maximum Gasteiger partial charge on any atom is 0.246 e. The summed E-state index contributed by atoms with van der Waals surface area (Å²) in [6.45, 7) is 1.41. The fourth-order valence-corrected chi connectivity index (χ4v) is 3.79. The Kier molecular flexibility index (Phi) is 4.25. The SMILES string of the molecule is O=C(/C=C/c1ccc(Cl)cc1Cl)N1CC2CCC(O)C2C1. The predicted octanol–water partition coefficient (Wildman–Crippen LogP) is 3.24. The molecule has 0 radical (unpaired) electrons. The molecule has 3 atom stereocenters. The molecule has 1 aliphatic carbocycles. The summed E-state index contributed by atoms with van der Waals surface area (Å²) in [6.07, 6.45) is 4.90. The topological polar surface area (TPSA) is 40.5 Å². The van der Waals surface area contributed by atoms with Crippen LogP contribution in [0.4, 0.5) is 0 Å². The van der Waals surface area contributed by atoms with Crippen molar-refractivity contribution in [1.29, 1.82) is 0 Å². The van der Waals surface area contributed by atoms with Gasteiger partial charge in [0, 0.05) is 35.1 Å². The van der Waals surface area contributed by atoms with Crippen LogP contribution in [0.15, 0.2) is 24.3 Å². The summed E-state index contributed by atoms with van der Waals surface area (Å²) in [7, 11) is 0. The van der Waals surface area contributed by atoms with Gasteiger partial charge in [-0.1, -0.05) is 29.3 Å². The molecule has 2 aliphatic rings. The van der Waals surface area contributed by atoms with Gasteiger partial charge in [0.25, 0.3) is 0 Å². The molecule has 5 heteroatoms. The number of aliphatic hydroxyl groups is 1. The van der Waals surface area contributed by atoms with Gasteiger partial charge in [0.15, 0.2) is 0 Å². The molecule has 3 rings (SSSR count). The Hall–Kier alpha value is -1.03. The van der Waals surface area contributed by atoms with Gasteiger partial charge < -0.3 is 10.0 Å². The summed E-state index contributed by atoms with van der Waals surface area (Å²) >= 11 is 11.9. The van der Waals surface area contributed by atoms with E-state index in [9.17, 15) is 9.90 Å². The lowest BCUT2D eigenvalue weighted by Gasteiger charge is -2.16. The number of aliphatic hydroxyl groups excluding tert-OH is 1. The number of rotatable bonds is 2. The van der Waals surface area contributed by atoms with E-state index in [1.54, 1.807) is 30.4 Å². The minimum atomic E-state index is -0.248. The maximum atomic E-state index is 12.2. The smallest absolute Gasteiger partial charge is 0.246 e. The molecule has 1 amide bonds. The molecule has 0 aromatic heterocycles. The zero-order valence-corrected chi connectivity index (χ0v) is 13.0. The average Bonchev–Trinajstić information content (AvgIpc) is 3.00. The number of benzene rings is 1. The van der Waals surface area contributed by atoms with Crippen molar-refractivity contribution < 1.29 is 9.90 Å². The molecule has 1 aliphatic heterocycles. The number of hydrogen-bond acceptors (Lipinski definition) is 2. The summed E-state index contributed by atoms with van der Waals surface area (Å²) < 4.78 is 0. The quantitative estimate of drug-likeness (QED) is 0.848. The Bertz CT molecular complexity index is 588. The Morgan fingerprint density at radius 1 is 1.29 bits per heavy atom. The predicted molar refractivity (Wildman–Crippen MR) is 84.3 cm³/mol. The molecule has 1 heterocycles. The van der Waals surface area contributed by atoms with Gasteiger partial charge in [-0.3, -0.25) is 4.79 Å². The fraction of sp³-hybridized carbons (Fsp3) is 0.438. The number of carbonyl (C=O) groups is 1. The van der Waals surface area contributed by atoms with Crippen molar-refractivity contribution in [1.82, 2.24) is 4.90 Å². The number of halogens is 2. The van der Waals surface area contributed by atoms with Crippen molar-refractivity contribution >= 4 is 35.2 Å². The summed E-state index contributed by atoms with van der Waals surface area (Å²) in [5, 5.41) is 11.0. The van der Waals surface area contributed by atoms with Crippen LogP contribution in [0.5, 0.6) is 0 Å². The van der Waals surface area contributed by atoms with Crippen LogP contribution in [0.25, 0.3) is 6.08 Å². The van der Waals surface area contributed by atoms with E-state index in [4.69, 9.17) is 23.2 Å². The van der Waals surface area contributed by atoms with Crippen LogP contribution in [-0.4, -0.2) is 35.1 Å². The number of amides is 1. The lowest BCUT2D eigenvalue weighted by atomic mass is 10.00. The first kappa shape index (κ1) is 14.9. The molecule has 1 saturated carbocycles. The van der Waals surface area contributed by atoms with Gasteiger partial charge >= 0.3 is 0 Å². The first-order chi connectivity index (χ1) is 10.0. The van der Waals surface area contributed by atoms with Crippen molar-refractivity contribution in [3.8, 4) is 0 Å². The zero-order chi connectivity index (χ0) is 15.0. The molecule has 1 saturated heterocycles. The molecule has 0 spiro atoms. The van der Waals surface area contributed by atoms with Gasteiger partial charge in [-0.05, 0) is 42.5 Å². The van der Waals surface area contributed by atoms with Gasteiger partial charge in [0.2, 0.25) is 5.91 Å². The molecule has 2 fully saturated rings. The van der Waals surface area contributed by atoms with Crippen molar-refractivity contribution in [3.63, 3.8) is 0 Å². The lowest BCUT2D eigenvalue weighted by Crippen LogP contribution is -2.29. The van der Waals surface area contributed by atoms with Gasteiger partial charge in [0.1, 0.15) is 0 Å². The van der Waals surface area contributed by atoms with Crippen LogP contribution >= 0.6 is 23.2 Å². The highest BCUT2D eigenvalue weighted by Crippen LogP contribution is 2.38. The Balaban J connectivity index is 1.65. The number of likely N-dealkylation sites (tertiary alicyclic amines) is 1. The number of hydrogen-bond donors (Lipinski definition) is 1. The van der Waals surface area contributed by atoms with Crippen molar-refractivity contribution in [3.05, 3.63) is 39.9 Å². The molecule has 1 aromatic carbocycles. The first-order valence-corrected chi connectivity index (χ1v) is 7.90. The molecule has 0 bridgehead atoms. The number of carbonyl (C=O) groups excluding carboxylic acids is 1. The lowest BCUT2D eigenvalue weighted by molar-refractivity contribution is -0.125. The van der Waals surface area contributed by atoms with Crippen molar-refractivity contribution in [2.45, 2.75) is 18.9 Å². The van der Waals surface area contributed by atoms with E-state index in [0.29, 0.717) is 22.5 Å². The zero-order valence-electron chi connectivity index (χ0n) is 11.5. The molecule has 21 heavy (non-hydrogen) atoms. The third-order valence-electron chi connectivity index (χ3n) is 4.50. The van der Waals surface area contributed by atoms with Gasteiger partial charge in [-0.25, -0.2) is 0 Å². The van der Waals surface area contributed by atoms with Crippen LogP contribution in [0, 0.1) is 11.8 Å². The second kappa shape index (κ2) is 5.99. The second-order valence-electron chi connectivity index (χ2n) is 5.81. The summed E-state index contributed by atoms with van der Waals surface area (Å²) in [6, 6.07) is 5.19. The van der Waals surface area contributed by atoms with Crippen LogP contribution < -0.4 is 0 Å². The van der Waals surface area contributed by atoms with E-state index < -0.39 is 0 Å². The normalized spacial score (nSPS) is 28.3. The molecule has 1 aromatic rings. The monoisotopic (exact) mass is 325 g/mol. The van der Waals surface area contributed by atoms with E-state index in [0.717, 1.165) is 24.9 Å². The highest BCUT2D eigenvalue weighted by molar-refractivity contribution is 6.35. The first-order valence-electron chi connectivity index (χ1n) is 7.14. The Morgan fingerprint density at radius 2 is 2.10 bits per heavy atom. The maximum absolute atomic E-state index is 12.2. The van der Waals surface area contributed by atoms with E-state index in [1.165, 1.54) is 0 Å². The van der Waals surface area contributed by atoms with Crippen LogP contribution in [0.1, 0.15) is 18.4 Å². The third-order valence-corrected chi connectivity index (χ3v) is 5.06. The van der Waals surface area contributed by atoms with Gasteiger partial charge in [-0.2, -0.15) is 0 Å². The fourth-order valence-electron chi connectivity index (χ4n) is 3.32. The number of nitrogens with zero attached hydrogens (tertiary/aromatic N) is 1. The van der Waals surface area contributed by atoms with E-state index in [-0.39, 0.29) is 17.9 Å². The van der Waals surface area contributed by atoms with E-state index >= 15 is 0 Å². The summed E-state index contributed by atoms with van der Waals surface area (Å²) in [5.74, 6) is 0.681. The molecule has 1 N–H and O–H groups in total. The molecule has 112 valence electrons. The molecular formula is C16H17Cl2NO2. The highest BCUT2D eigenvalue weighted by atomic mass is 35.5. The molecule has 3 nitrogen and oxygen atoms in total. The Morgan fingerprint density at radius 3 is 2.81 bits per heavy atom. The minimum Gasteiger partial charge on any atom is -0.393 e. The Labute approximate surface area is 134 Å². The molecular weight excluding hydrogens is 309 g/mol. The van der Waals surface area contributed by atoms with Crippen molar-refractivity contribution in [2.75, 3.05) is 13.1 Å². The molecule has 3 unspecified atom stereocenters. The minimum absolute atomic E-state index is 0.0254. The average molecular weight is 326 g/mol. The summed E-state index contributed by atoms with van der Waals surface area (Å²) in [5.41, 5.74) is 0.772. The van der Waals surface area contributed by atoms with E-state index in [2.05, 4.69) is 0 Å². The van der Waals surface area contributed by atoms with Gasteiger partial charge in [-0.15, -0.1) is 0 Å². The summed E-state index contributed by atoms with van der Waals surface area (Å²) in [4.78, 5) is 14.0. The van der Waals surface area contributed by atoms with Crippen LogP contribution in [-0.2, 0) is 4.79 Å². The highest BCUT2D eigenvalue weighted by Gasteiger charge is 2.42. The largest absolute Gasteiger partial charge is 0.393 e. The van der Waals surface area contributed by atoms with Crippen LogP contribution in [0.2, 0.25) is 10.0 Å². The van der Waals surface area contributed by atoms with Crippen LogP contribution in [0.3, 0.4) is 0 Å². The number of fused-ring (bicyclic) bond motifs is 1. The third kappa shape index (κ3) is 3.10. The van der Waals surface area contributed by atoms with E-state index in [1.807, 2.05) is 4.90 Å². The van der Waals surface area contributed by atoms with Gasteiger partial charge in [0.05, 0.1) is 6.10 Å². The van der Waals surface area contributed by atoms with Crippen molar-refractivity contribution in [2.24, 2.45) is 11.8 Å². The standard InChI is InChI=1S/C16H17Cl2NO2/c17-12-4-1-10(14(18)7-12)3-6-16(21)19-8-11-2-5-15(20)13(11)9-19/h1,3-4,6-7,11,13,15,20H,2,5,8-9H2/b6-3+.